The van der Waals surface area contributed by atoms with Crippen molar-refractivity contribution in [2.24, 2.45) is 5.73 Å². The second-order valence-electron chi connectivity index (χ2n) is 5.75. The van der Waals surface area contributed by atoms with Gasteiger partial charge >= 0.3 is 0 Å². The van der Waals surface area contributed by atoms with Crippen LogP contribution in [0.4, 0.5) is 0 Å². The molecule has 4 heterocycles. The molecule has 2 saturated heterocycles. The maximum atomic E-state index is 10.9. The fraction of sp³-hybridized carbons (Fsp3) is 0.571. The van der Waals surface area contributed by atoms with E-state index in [1.807, 2.05) is 12.1 Å². The van der Waals surface area contributed by atoms with Gasteiger partial charge in [-0.1, -0.05) is 11.8 Å². The molecule has 2 fully saturated rings. The van der Waals surface area contributed by atoms with E-state index in [4.69, 9.17) is 24.4 Å². The van der Waals surface area contributed by atoms with Crippen molar-refractivity contribution >= 4 is 17.7 Å². The van der Waals surface area contributed by atoms with E-state index in [0.717, 1.165) is 5.76 Å². The number of rotatable bonds is 7. The number of amides is 1. The van der Waals surface area contributed by atoms with Gasteiger partial charge in [-0.25, -0.2) is 4.68 Å². The molecule has 134 valence electrons. The van der Waals surface area contributed by atoms with Crippen molar-refractivity contribution in [3.8, 4) is 0 Å². The van der Waals surface area contributed by atoms with Crippen LogP contribution < -0.4 is 5.73 Å². The van der Waals surface area contributed by atoms with Crippen molar-refractivity contribution in [2.45, 2.75) is 35.3 Å². The highest BCUT2D eigenvalue weighted by Crippen LogP contribution is 2.36. The highest BCUT2D eigenvalue weighted by atomic mass is 32.2. The summed E-state index contributed by atoms with van der Waals surface area (Å²) in [6.45, 7) is 0.599. The second-order valence-corrected chi connectivity index (χ2v) is 6.70. The highest BCUT2D eigenvalue weighted by molar-refractivity contribution is 7.98. The number of ether oxygens (including phenoxy) is 3. The van der Waals surface area contributed by atoms with E-state index < -0.39 is 5.91 Å². The molecule has 2 aromatic rings. The molecule has 2 aliphatic heterocycles. The Hall–Kier alpha value is -1.95. The number of carbonyl (C=O) groups excluding carboxylic acids is 1. The van der Waals surface area contributed by atoms with Gasteiger partial charge in [-0.15, -0.1) is 5.10 Å². The van der Waals surface area contributed by atoms with Gasteiger partial charge in [0.2, 0.25) is 11.1 Å². The van der Waals surface area contributed by atoms with Crippen LogP contribution in [-0.4, -0.2) is 64.2 Å². The van der Waals surface area contributed by atoms with E-state index in [9.17, 15) is 4.79 Å². The Balaban J connectivity index is 1.42. The molecule has 2 aliphatic rings. The minimum Gasteiger partial charge on any atom is -0.468 e. The second kappa shape index (κ2) is 7.12. The maximum absolute atomic E-state index is 10.9. The molecule has 0 aromatic carbocycles. The molecular weight excluding hydrogens is 350 g/mol. The van der Waals surface area contributed by atoms with Crippen LogP contribution in [0.5, 0.6) is 0 Å². The minimum absolute atomic E-state index is 0.152. The third kappa shape index (κ3) is 3.40. The molecule has 4 atom stereocenters. The SMILES string of the molecule is NC(=O)CO[C@@H]1CO[C@H]2[C@H]1OC[C@H]2n1nnnc1SCc1ccco1. The molecule has 0 spiro atoms. The van der Waals surface area contributed by atoms with Crippen LogP contribution >= 0.6 is 11.8 Å². The van der Waals surface area contributed by atoms with Crippen LogP contribution in [0.3, 0.4) is 0 Å². The lowest BCUT2D eigenvalue weighted by Gasteiger charge is -2.17. The van der Waals surface area contributed by atoms with Crippen molar-refractivity contribution in [2.75, 3.05) is 19.8 Å². The van der Waals surface area contributed by atoms with Gasteiger partial charge in [0.25, 0.3) is 0 Å². The van der Waals surface area contributed by atoms with E-state index in [1.165, 1.54) is 11.8 Å². The van der Waals surface area contributed by atoms with Gasteiger partial charge in [-0.3, -0.25) is 4.79 Å². The molecule has 2 N–H and O–H groups in total. The van der Waals surface area contributed by atoms with Gasteiger partial charge in [0, 0.05) is 0 Å². The average molecular weight is 367 g/mol. The highest BCUT2D eigenvalue weighted by Gasteiger charge is 2.50. The van der Waals surface area contributed by atoms with Crippen molar-refractivity contribution in [1.82, 2.24) is 20.2 Å². The zero-order valence-corrected chi connectivity index (χ0v) is 14.0. The number of furan rings is 1. The Bertz CT molecular complexity index is 723. The van der Waals surface area contributed by atoms with Crippen molar-refractivity contribution in [3.63, 3.8) is 0 Å². The maximum Gasteiger partial charge on any atom is 0.243 e. The van der Waals surface area contributed by atoms with Gasteiger partial charge in [-0.2, -0.15) is 0 Å². The fourth-order valence-electron chi connectivity index (χ4n) is 3.00. The zero-order chi connectivity index (χ0) is 17.2. The molecular formula is C14H17N5O5S. The van der Waals surface area contributed by atoms with E-state index in [2.05, 4.69) is 15.5 Å². The van der Waals surface area contributed by atoms with E-state index in [1.54, 1.807) is 10.9 Å². The Morgan fingerprint density at radius 3 is 3.08 bits per heavy atom. The predicted molar refractivity (Wildman–Crippen MR) is 83.5 cm³/mol. The predicted octanol–water partition coefficient (Wildman–Crippen LogP) is -0.232. The molecule has 10 nitrogen and oxygen atoms in total. The lowest BCUT2D eigenvalue weighted by molar-refractivity contribution is -0.126. The van der Waals surface area contributed by atoms with Gasteiger partial charge in [-0.05, 0) is 22.6 Å². The summed E-state index contributed by atoms with van der Waals surface area (Å²) in [4.78, 5) is 10.9. The first kappa shape index (κ1) is 16.5. The monoisotopic (exact) mass is 367 g/mol. The molecule has 0 radical (unpaired) electrons. The Kier molecular flexibility index (Phi) is 4.70. The molecule has 0 aliphatic carbocycles. The third-order valence-corrected chi connectivity index (χ3v) is 5.08. The molecule has 0 bridgehead atoms. The summed E-state index contributed by atoms with van der Waals surface area (Å²) < 4.78 is 24.1. The smallest absolute Gasteiger partial charge is 0.243 e. The van der Waals surface area contributed by atoms with Gasteiger partial charge < -0.3 is 24.4 Å². The normalized spacial score (nSPS) is 28.3. The first-order valence-corrected chi connectivity index (χ1v) is 8.77. The Labute approximate surface area is 147 Å². The largest absolute Gasteiger partial charge is 0.468 e. The summed E-state index contributed by atoms with van der Waals surface area (Å²) in [5, 5.41) is 12.6. The van der Waals surface area contributed by atoms with Crippen LogP contribution in [0.2, 0.25) is 0 Å². The van der Waals surface area contributed by atoms with E-state index in [-0.39, 0.29) is 31.0 Å². The summed E-state index contributed by atoms with van der Waals surface area (Å²) >= 11 is 1.48. The third-order valence-electron chi connectivity index (χ3n) is 4.12. The number of primary amides is 1. The first-order valence-electron chi connectivity index (χ1n) is 7.78. The number of carbonyl (C=O) groups is 1. The number of fused-ring (bicyclic) bond motifs is 1. The molecule has 11 heteroatoms. The summed E-state index contributed by atoms with van der Waals surface area (Å²) in [5.41, 5.74) is 5.12. The Morgan fingerprint density at radius 2 is 2.28 bits per heavy atom. The number of nitrogens with two attached hydrogens (primary N) is 1. The van der Waals surface area contributed by atoms with Gasteiger partial charge in [0.05, 0.1) is 25.2 Å². The van der Waals surface area contributed by atoms with E-state index >= 15 is 0 Å². The molecule has 0 saturated carbocycles. The van der Waals surface area contributed by atoms with Crippen molar-refractivity contribution in [3.05, 3.63) is 24.2 Å². The van der Waals surface area contributed by atoms with Crippen LogP contribution in [0, 0.1) is 0 Å². The summed E-state index contributed by atoms with van der Waals surface area (Å²) in [7, 11) is 0. The number of nitrogens with zero attached hydrogens (tertiary/aromatic N) is 4. The molecule has 4 rings (SSSR count). The number of tetrazole rings is 1. The summed E-state index contributed by atoms with van der Waals surface area (Å²) in [6.07, 6.45) is 0.811. The molecule has 0 unspecified atom stereocenters. The van der Waals surface area contributed by atoms with Gasteiger partial charge in [0.15, 0.2) is 0 Å². The number of hydrogen-bond acceptors (Lipinski definition) is 9. The Morgan fingerprint density at radius 1 is 1.40 bits per heavy atom. The standard InChI is InChI=1S/C14H17N5O5S/c15-11(20)6-22-10-5-24-12-9(4-23-13(10)12)19-14(16-17-18-19)25-7-8-2-1-3-21-8/h1-3,9-10,12-13H,4-7H2,(H2,15,20)/t9-,10-,12-,13+/m1/s1. The summed E-state index contributed by atoms with van der Waals surface area (Å²) in [5.74, 6) is 0.951. The minimum atomic E-state index is -0.518. The van der Waals surface area contributed by atoms with Crippen molar-refractivity contribution < 1.29 is 23.4 Å². The fourth-order valence-corrected chi connectivity index (χ4v) is 3.84. The number of aromatic nitrogens is 4. The van der Waals surface area contributed by atoms with Crippen LogP contribution in [0.15, 0.2) is 28.0 Å². The average Bonchev–Trinajstić information content (AvgIpc) is 3.34. The first-order chi connectivity index (χ1) is 12.2. The quantitative estimate of drug-likeness (QED) is 0.660. The molecule has 2 aromatic heterocycles. The molecule has 25 heavy (non-hydrogen) atoms. The topological polar surface area (TPSA) is 128 Å². The number of thioether (sulfide) groups is 1. The van der Waals surface area contributed by atoms with E-state index in [0.29, 0.717) is 24.1 Å². The number of hydrogen-bond donors (Lipinski definition) is 1. The summed E-state index contributed by atoms with van der Waals surface area (Å²) in [6, 6.07) is 3.59. The van der Waals surface area contributed by atoms with Gasteiger partial charge in [0.1, 0.15) is 36.7 Å². The zero-order valence-electron chi connectivity index (χ0n) is 13.2. The van der Waals surface area contributed by atoms with Crippen LogP contribution in [-0.2, 0) is 24.8 Å². The van der Waals surface area contributed by atoms with Crippen LogP contribution in [0.25, 0.3) is 0 Å². The lowest BCUT2D eigenvalue weighted by atomic mass is 10.1. The van der Waals surface area contributed by atoms with Crippen LogP contribution in [0.1, 0.15) is 11.8 Å². The van der Waals surface area contributed by atoms with Crippen molar-refractivity contribution in [1.29, 1.82) is 0 Å². The molecule has 1 amide bonds. The lowest BCUT2D eigenvalue weighted by Crippen LogP contribution is -2.34.